The molecule has 2 unspecified atom stereocenters. The molecule has 7 N–H and O–H groups in total. The number of aliphatic hydroxyl groups is 2. The first kappa shape index (κ1) is 53.8. The molecule has 26 heteroatoms. The number of nitrogens with zero attached hydrogens (tertiary/aromatic N) is 10. The molecule has 0 aliphatic rings. The molecular weight excluding hydrogens is 993 g/mol. The molecule has 0 spiro atoms. The van der Waals surface area contributed by atoms with E-state index in [-0.39, 0.29) is 109 Å². The van der Waals surface area contributed by atoms with Crippen LogP contribution in [0.2, 0.25) is 0 Å². The number of aliphatic hydroxyl groups excluding tert-OH is 2. The highest BCUT2D eigenvalue weighted by Gasteiger charge is 2.22. The summed E-state index contributed by atoms with van der Waals surface area (Å²) in [6.45, 7) is 3.44. The van der Waals surface area contributed by atoms with Gasteiger partial charge < -0.3 is 30.6 Å². The second kappa shape index (κ2) is 23.6. The molecule has 23 nitrogen and oxygen atoms in total. The van der Waals surface area contributed by atoms with Crippen molar-refractivity contribution in [2.75, 3.05) is 46.6 Å². The third-order valence-electron chi connectivity index (χ3n) is 10.2. The Bertz CT molecular complexity index is 3370. The number of rotatable bonds is 23. The zero-order valence-electron chi connectivity index (χ0n) is 38.5. The van der Waals surface area contributed by atoms with Gasteiger partial charge in [0.15, 0.2) is 0 Å². The van der Waals surface area contributed by atoms with Crippen molar-refractivity contribution in [3.63, 3.8) is 0 Å². The molecule has 0 bridgehead atoms. The van der Waals surface area contributed by atoms with E-state index in [0.29, 0.717) is 16.8 Å². The van der Waals surface area contributed by atoms with Crippen LogP contribution in [0, 0.1) is 22.7 Å². The molecule has 2 heterocycles. The minimum Gasteiger partial charge on any atom is -0.392 e. The Kier molecular flexibility index (Phi) is 17.6. The average molecular weight is 1040 g/mol. The van der Waals surface area contributed by atoms with Crippen molar-refractivity contribution in [2.45, 2.75) is 66.4 Å². The van der Waals surface area contributed by atoms with Crippen molar-refractivity contribution in [1.29, 1.82) is 10.5 Å². The fourth-order valence-corrected chi connectivity index (χ4v) is 9.06. The average Bonchev–Trinajstić information content (AvgIpc) is 3.30. The lowest BCUT2D eigenvalue weighted by Crippen LogP contribution is -2.33. The molecule has 6 aromatic rings. The van der Waals surface area contributed by atoms with E-state index in [4.69, 9.17) is 0 Å². The third kappa shape index (κ3) is 15.5. The van der Waals surface area contributed by atoms with Gasteiger partial charge in [-0.25, -0.2) is 0 Å². The van der Waals surface area contributed by atoms with Crippen molar-refractivity contribution in [2.24, 2.45) is 0 Å². The van der Waals surface area contributed by atoms with Crippen LogP contribution in [-0.4, -0.2) is 117 Å². The van der Waals surface area contributed by atoms with Gasteiger partial charge in [0.25, 0.3) is 30.4 Å². The molecule has 0 aliphatic carbocycles. The van der Waals surface area contributed by atoms with Crippen molar-refractivity contribution in [3.8, 4) is 12.1 Å². The first-order valence-electron chi connectivity index (χ1n) is 21.7. The van der Waals surface area contributed by atoms with Crippen LogP contribution in [0.15, 0.2) is 106 Å². The number of nitriles is 2. The number of benzene rings is 4. The van der Waals surface area contributed by atoms with Crippen LogP contribution in [0.3, 0.4) is 0 Å². The van der Waals surface area contributed by atoms with Gasteiger partial charge in [0.2, 0.25) is 23.8 Å². The minimum atomic E-state index is -4.82. The zero-order chi connectivity index (χ0) is 52.2. The van der Waals surface area contributed by atoms with E-state index in [1.807, 2.05) is 6.07 Å². The predicted molar refractivity (Wildman–Crippen MR) is 264 cm³/mol. The largest absolute Gasteiger partial charge is 0.392 e. The van der Waals surface area contributed by atoms with Crippen LogP contribution < -0.4 is 20.4 Å². The van der Waals surface area contributed by atoms with Crippen molar-refractivity contribution in [3.05, 3.63) is 125 Å². The second-order valence-corrected chi connectivity index (χ2v) is 20.4. The van der Waals surface area contributed by atoms with Gasteiger partial charge in [-0.05, 0) is 78.6 Å². The van der Waals surface area contributed by atoms with E-state index in [1.165, 1.54) is 61.5 Å². The highest BCUT2D eigenvalue weighted by atomic mass is 32.2. The standard InChI is InChI=1S/C46H48N12O11S3/c1-30(59)28-57(22-6-20-47)45-53-41(51-44(56-45)50-37-9-5-10-38(27-37)70(61,62)63)25-33-13-17-34(40(24-33)72(67,68)69)16-12-32-14-18-36(19-15-32)49-43-52-42(26-35-8-3-4-11-39(35)71(64,65)66)54-46(55-43)58(23-7-21-48)29-31(2)60/h3-5,8-19,24,27,30-31,59-60H,6-7,22-23,25-26,28-29H2,1-2H3,(H,61,62,63)(H,64,65,66)(H,67,68,69)(H,49,52,54,55)(H,50,51,53,56)/b16-12+. The summed E-state index contributed by atoms with van der Waals surface area (Å²) in [7, 11) is -14.0. The Labute approximate surface area is 415 Å². The van der Waals surface area contributed by atoms with Crippen molar-refractivity contribution >= 4 is 77.7 Å². The zero-order valence-corrected chi connectivity index (χ0v) is 41.0. The van der Waals surface area contributed by atoms with Gasteiger partial charge in [-0.1, -0.05) is 60.7 Å². The third-order valence-corrected chi connectivity index (χ3v) is 12.9. The maximum Gasteiger partial charge on any atom is 0.295 e. The lowest BCUT2D eigenvalue weighted by molar-refractivity contribution is 0.199. The van der Waals surface area contributed by atoms with E-state index in [1.54, 1.807) is 59.2 Å². The van der Waals surface area contributed by atoms with Gasteiger partial charge in [0.1, 0.15) is 16.5 Å². The van der Waals surface area contributed by atoms with Crippen LogP contribution in [0.1, 0.15) is 60.6 Å². The normalized spacial score (nSPS) is 12.7. The highest BCUT2D eigenvalue weighted by Crippen LogP contribution is 2.26. The van der Waals surface area contributed by atoms with E-state index in [9.17, 15) is 59.6 Å². The number of nitrogens with one attached hydrogen (secondary N) is 2. The summed E-state index contributed by atoms with van der Waals surface area (Å²) in [4.78, 5) is 28.9. The maximum absolute atomic E-state index is 12.8. The molecule has 2 atom stereocenters. The Balaban J connectivity index is 1.27. The SMILES string of the molecule is CC(O)CN(CCC#N)c1nc(Cc2ccc(/C=C/c3ccc(Nc4nc(Cc5ccccc5S(=O)(=O)O)nc(N(CCC#N)CC(C)O)n4)cc3)c(S(=O)(=O)O)c2)nc(Nc2cccc(S(=O)(=O)O)c2)n1. The summed E-state index contributed by atoms with van der Waals surface area (Å²) < 4.78 is 103. The van der Waals surface area contributed by atoms with Gasteiger partial charge in [0.05, 0.1) is 47.0 Å². The molecule has 0 aliphatic heterocycles. The summed E-state index contributed by atoms with van der Waals surface area (Å²) in [5.74, 6) is 0.281. The van der Waals surface area contributed by atoms with Crippen LogP contribution >= 0.6 is 0 Å². The van der Waals surface area contributed by atoms with Gasteiger partial charge >= 0.3 is 0 Å². The summed E-state index contributed by atoms with van der Waals surface area (Å²) in [6.07, 6.45) is 1.25. The maximum atomic E-state index is 12.8. The first-order chi connectivity index (χ1) is 34.1. The second-order valence-electron chi connectivity index (χ2n) is 16.1. The Morgan fingerprint density at radius 1 is 0.597 bits per heavy atom. The summed E-state index contributed by atoms with van der Waals surface area (Å²) in [6, 6.07) is 26.2. The molecule has 6 rings (SSSR count). The van der Waals surface area contributed by atoms with E-state index in [2.05, 4.69) is 46.6 Å². The van der Waals surface area contributed by atoms with Gasteiger partial charge in [-0.3, -0.25) is 13.7 Å². The monoisotopic (exact) mass is 1040 g/mol. The number of hydrogen-bond acceptors (Lipinski definition) is 20. The van der Waals surface area contributed by atoms with E-state index < -0.39 is 52.4 Å². The van der Waals surface area contributed by atoms with Gasteiger partial charge in [0, 0.05) is 50.4 Å². The lowest BCUT2D eigenvalue weighted by atomic mass is 10.1. The Morgan fingerprint density at radius 3 is 1.69 bits per heavy atom. The van der Waals surface area contributed by atoms with Crippen LogP contribution in [0.25, 0.3) is 12.2 Å². The van der Waals surface area contributed by atoms with Crippen molar-refractivity contribution in [1.82, 2.24) is 29.9 Å². The number of aromatic nitrogens is 6. The molecule has 0 fully saturated rings. The molecular formula is C46H48N12O11S3. The molecule has 2 aromatic heterocycles. The Hall–Kier alpha value is -7.53. The predicted octanol–water partition coefficient (Wildman–Crippen LogP) is 4.84. The molecule has 4 aromatic carbocycles. The summed E-state index contributed by atoms with van der Waals surface area (Å²) >= 11 is 0. The summed E-state index contributed by atoms with van der Waals surface area (Å²) in [5, 5.41) is 45.0. The molecule has 0 saturated heterocycles. The van der Waals surface area contributed by atoms with Crippen LogP contribution in [0.4, 0.5) is 35.2 Å². The van der Waals surface area contributed by atoms with E-state index in [0.717, 1.165) is 6.07 Å². The topological polar surface area (TPSA) is 359 Å². The van der Waals surface area contributed by atoms with Gasteiger partial charge in [-0.2, -0.15) is 65.7 Å². The van der Waals surface area contributed by atoms with Crippen LogP contribution in [0.5, 0.6) is 0 Å². The Morgan fingerprint density at radius 2 is 1.15 bits per heavy atom. The molecule has 0 saturated carbocycles. The number of anilines is 6. The molecule has 0 amide bonds. The van der Waals surface area contributed by atoms with E-state index >= 15 is 0 Å². The molecule has 72 heavy (non-hydrogen) atoms. The van der Waals surface area contributed by atoms with Gasteiger partial charge in [-0.15, -0.1) is 0 Å². The lowest BCUT2D eigenvalue weighted by Gasteiger charge is -2.23. The number of hydrogen-bond donors (Lipinski definition) is 7. The fraction of sp³-hybridized carbons (Fsp3) is 0.261. The first-order valence-corrected chi connectivity index (χ1v) is 26.1. The summed E-state index contributed by atoms with van der Waals surface area (Å²) in [5.41, 5.74) is 1.94. The fourth-order valence-electron chi connectivity index (χ4n) is 7.08. The smallest absolute Gasteiger partial charge is 0.295 e. The highest BCUT2D eigenvalue weighted by molar-refractivity contribution is 7.86. The minimum absolute atomic E-state index is 0.0199. The quantitative estimate of drug-likeness (QED) is 0.0333. The molecule has 376 valence electrons. The van der Waals surface area contributed by atoms with Crippen LogP contribution in [-0.2, 0) is 43.2 Å². The van der Waals surface area contributed by atoms with Crippen molar-refractivity contribution < 1.29 is 49.1 Å². The molecule has 0 radical (unpaired) electrons.